The van der Waals surface area contributed by atoms with Gasteiger partial charge in [0.2, 0.25) is 6.79 Å². The molecule has 184 valence electrons. The van der Waals surface area contributed by atoms with Crippen molar-refractivity contribution in [3.05, 3.63) is 75.8 Å². The van der Waals surface area contributed by atoms with E-state index in [2.05, 4.69) is 21.2 Å². The molecule has 1 heterocycles. The number of benzene rings is 3. The van der Waals surface area contributed by atoms with Gasteiger partial charge >= 0.3 is 0 Å². The number of methoxy groups -OCH3 is 1. The maximum Gasteiger partial charge on any atom is 0.266 e. The molecule has 0 saturated heterocycles. The number of halogens is 1. The van der Waals surface area contributed by atoms with Crippen LogP contribution in [-0.2, 0) is 11.4 Å². The number of ether oxygens (including phenoxy) is 5. The van der Waals surface area contributed by atoms with Crippen LogP contribution in [0.5, 0.6) is 28.7 Å². The normalized spacial score (nSPS) is 12.0. The number of rotatable bonds is 9. The summed E-state index contributed by atoms with van der Waals surface area (Å²) in [6.45, 7) is 2.92. The fraction of sp³-hybridized carbons (Fsp3) is 0.185. The van der Waals surface area contributed by atoms with Crippen molar-refractivity contribution in [1.29, 1.82) is 5.26 Å². The highest BCUT2D eigenvalue weighted by Crippen LogP contribution is 2.38. The van der Waals surface area contributed by atoms with Gasteiger partial charge in [0.25, 0.3) is 5.91 Å². The molecule has 36 heavy (non-hydrogen) atoms. The largest absolute Gasteiger partial charge is 0.494 e. The number of carbonyl (C=O) groups excluding carboxylic acids is 1. The zero-order valence-corrected chi connectivity index (χ0v) is 21.3. The molecule has 0 aromatic heterocycles. The molecule has 0 bridgehead atoms. The van der Waals surface area contributed by atoms with Crippen LogP contribution in [0.15, 0.2) is 64.6 Å². The standard InChI is InChI=1S/C27H23BrN2O6/c1-3-33-21-7-5-20(6-8-21)30-27(31)19(14-29)10-18-11-22(28)26(25(13-18)32-2)34-15-17-4-9-23-24(12-17)36-16-35-23/h4-13H,3,15-16H2,1-2H3,(H,30,31)/b19-10-. The first-order chi connectivity index (χ1) is 17.5. The second-order valence-electron chi connectivity index (χ2n) is 7.59. The molecule has 3 aromatic carbocycles. The van der Waals surface area contributed by atoms with E-state index >= 15 is 0 Å². The van der Waals surface area contributed by atoms with Gasteiger partial charge in [-0.05, 0) is 88.6 Å². The fourth-order valence-electron chi connectivity index (χ4n) is 3.46. The molecule has 8 nitrogen and oxygen atoms in total. The van der Waals surface area contributed by atoms with Crippen LogP contribution in [0.3, 0.4) is 0 Å². The van der Waals surface area contributed by atoms with Crippen molar-refractivity contribution in [3.8, 4) is 34.8 Å². The highest BCUT2D eigenvalue weighted by molar-refractivity contribution is 9.10. The van der Waals surface area contributed by atoms with Gasteiger partial charge < -0.3 is 29.0 Å². The number of nitrogens with zero attached hydrogens (tertiary/aromatic N) is 1. The topological polar surface area (TPSA) is 99.0 Å². The van der Waals surface area contributed by atoms with Crippen LogP contribution >= 0.6 is 15.9 Å². The minimum absolute atomic E-state index is 0.0631. The van der Waals surface area contributed by atoms with E-state index < -0.39 is 5.91 Å². The molecule has 0 spiro atoms. The molecular weight excluding hydrogens is 528 g/mol. The third-order valence-corrected chi connectivity index (χ3v) is 5.76. The van der Waals surface area contributed by atoms with Gasteiger partial charge in [-0.2, -0.15) is 5.26 Å². The van der Waals surface area contributed by atoms with Crippen molar-refractivity contribution >= 4 is 33.6 Å². The lowest BCUT2D eigenvalue weighted by atomic mass is 10.1. The van der Waals surface area contributed by atoms with Crippen LogP contribution in [0.4, 0.5) is 5.69 Å². The smallest absolute Gasteiger partial charge is 0.266 e. The van der Waals surface area contributed by atoms with Crippen LogP contribution in [0.25, 0.3) is 6.08 Å². The van der Waals surface area contributed by atoms with Crippen LogP contribution in [0.1, 0.15) is 18.1 Å². The lowest BCUT2D eigenvalue weighted by molar-refractivity contribution is -0.112. The van der Waals surface area contributed by atoms with E-state index in [-0.39, 0.29) is 19.0 Å². The van der Waals surface area contributed by atoms with E-state index in [1.165, 1.54) is 13.2 Å². The first-order valence-corrected chi connectivity index (χ1v) is 11.8. The zero-order valence-electron chi connectivity index (χ0n) is 19.7. The van der Waals surface area contributed by atoms with E-state index in [4.69, 9.17) is 23.7 Å². The Balaban J connectivity index is 1.48. The van der Waals surface area contributed by atoms with Crippen molar-refractivity contribution in [3.63, 3.8) is 0 Å². The summed E-state index contributed by atoms with van der Waals surface area (Å²) in [4.78, 5) is 12.7. The molecule has 0 aliphatic carbocycles. The van der Waals surface area contributed by atoms with Crippen molar-refractivity contribution in [2.45, 2.75) is 13.5 Å². The molecule has 1 aliphatic heterocycles. The second-order valence-corrected chi connectivity index (χ2v) is 8.45. The Bertz CT molecular complexity index is 1330. The Morgan fingerprint density at radius 2 is 1.89 bits per heavy atom. The number of nitriles is 1. The Labute approximate surface area is 217 Å². The summed E-state index contributed by atoms with van der Waals surface area (Å²) in [6.07, 6.45) is 1.48. The van der Waals surface area contributed by atoms with E-state index in [1.807, 2.05) is 31.2 Å². The summed E-state index contributed by atoms with van der Waals surface area (Å²) in [5.74, 6) is 2.48. The van der Waals surface area contributed by atoms with Gasteiger partial charge in [-0.1, -0.05) is 6.07 Å². The van der Waals surface area contributed by atoms with Gasteiger partial charge in [-0.3, -0.25) is 4.79 Å². The molecule has 1 aliphatic rings. The Morgan fingerprint density at radius 3 is 2.61 bits per heavy atom. The summed E-state index contributed by atoms with van der Waals surface area (Å²) in [6, 6.07) is 17.9. The van der Waals surface area contributed by atoms with Gasteiger partial charge in [-0.15, -0.1) is 0 Å². The summed E-state index contributed by atoms with van der Waals surface area (Å²) < 4.78 is 28.3. The third kappa shape index (κ3) is 5.90. The summed E-state index contributed by atoms with van der Waals surface area (Å²) in [7, 11) is 1.52. The number of carbonyl (C=O) groups is 1. The molecule has 0 fully saturated rings. The number of hydrogen-bond donors (Lipinski definition) is 1. The van der Waals surface area contributed by atoms with E-state index in [9.17, 15) is 10.1 Å². The quantitative estimate of drug-likeness (QED) is 0.269. The van der Waals surface area contributed by atoms with Gasteiger partial charge in [0.15, 0.2) is 23.0 Å². The third-order valence-electron chi connectivity index (χ3n) is 5.17. The van der Waals surface area contributed by atoms with E-state index in [1.54, 1.807) is 36.4 Å². The van der Waals surface area contributed by atoms with Crippen LogP contribution in [0, 0.1) is 11.3 Å². The SMILES string of the molecule is CCOc1ccc(NC(=O)/C(C#N)=C\c2cc(Br)c(OCc3ccc4c(c3)OCO4)c(OC)c2)cc1. The van der Waals surface area contributed by atoms with E-state index in [0.29, 0.717) is 51.1 Å². The molecule has 0 radical (unpaired) electrons. The predicted octanol–water partition coefficient (Wildman–Crippen LogP) is 5.71. The van der Waals surface area contributed by atoms with Gasteiger partial charge in [0, 0.05) is 5.69 Å². The Kier molecular flexibility index (Phi) is 7.98. The fourth-order valence-corrected chi connectivity index (χ4v) is 4.04. The molecule has 9 heteroatoms. The Morgan fingerprint density at radius 1 is 1.11 bits per heavy atom. The summed E-state index contributed by atoms with van der Waals surface area (Å²) in [5, 5.41) is 12.3. The number of nitrogens with one attached hydrogen (secondary N) is 1. The zero-order chi connectivity index (χ0) is 25.5. The number of hydrogen-bond acceptors (Lipinski definition) is 7. The number of amides is 1. The van der Waals surface area contributed by atoms with E-state index in [0.717, 1.165) is 5.56 Å². The highest BCUT2D eigenvalue weighted by Gasteiger charge is 2.16. The monoisotopic (exact) mass is 550 g/mol. The van der Waals surface area contributed by atoms with Crippen molar-refractivity contribution < 1.29 is 28.5 Å². The molecule has 4 rings (SSSR count). The van der Waals surface area contributed by atoms with Crippen LogP contribution < -0.4 is 29.0 Å². The average Bonchev–Trinajstić information content (AvgIpc) is 3.35. The lowest BCUT2D eigenvalue weighted by Crippen LogP contribution is -2.13. The van der Waals surface area contributed by atoms with Crippen LogP contribution in [-0.4, -0.2) is 26.4 Å². The van der Waals surface area contributed by atoms with Gasteiger partial charge in [-0.25, -0.2) is 0 Å². The molecular formula is C27H23BrN2O6. The average molecular weight is 551 g/mol. The van der Waals surface area contributed by atoms with Crippen LogP contribution in [0.2, 0.25) is 0 Å². The van der Waals surface area contributed by atoms with Crippen molar-refractivity contribution in [2.75, 3.05) is 25.8 Å². The molecule has 1 N–H and O–H groups in total. The molecule has 0 saturated carbocycles. The maximum absolute atomic E-state index is 12.7. The Hall–Kier alpha value is -4.16. The summed E-state index contributed by atoms with van der Waals surface area (Å²) in [5.41, 5.74) is 1.98. The molecule has 3 aromatic rings. The summed E-state index contributed by atoms with van der Waals surface area (Å²) >= 11 is 3.51. The maximum atomic E-state index is 12.7. The number of fused-ring (bicyclic) bond motifs is 1. The lowest BCUT2D eigenvalue weighted by Gasteiger charge is -2.14. The molecule has 0 unspecified atom stereocenters. The number of anilines is 1. The minimum atomic E-state index is -0.528. The highest BCUT2D eigenvalue weighted by atomic mass is 79.9. The predicted molar refractivity (Wildman–Crippen MR) is 137 cm³/mol. The van der Waals surface area contributed by atoms with Crippen molar-refractivity contribution in [2.24, 2.45) is 0 Å². The first-order valence-electron chi connectivity index (χ1n) is 11.1. The first kappa shape index (κ1) is 24.9. The molecule has 0 atom stereocenters. The molecule has 1 amide bonds. The van der Waals surface area contributed by atoms with Gasteiger partial charge in [0.1, 0.15) is 24.0 Å². The van der Waals surface area contributed by atoms with Crippen molar-refractivity contribution in [1.82, 2.24) is 0 Å². The minimum Gasteiger partial charge on any atom is -0.494 e. The van der Waals surface area contributed by atoms with Gasteiger partial charge in [0.05, 0.1) is 18.2 Å². The second kappa shape index (κ2) is 11.5.